The molecule has 0 radical (unpaired) electrons. The topological polar surface area (TPSA) is 55.4 Å². The van der Waals surface area contributed by atoms with Gasteiger partial charge in [0.2, 0.25) is 0 Å². The van der Waals surface area contributed by atoms with Crippen molar-refractivity contribution in [1.29, 1.82) is 0 Å². The highest BCUT2D eigenvalue weighted by Gasteiger charge is 2.55. The van der Waals surface area contributed by atoms with Crippen LogP contribution in [0, 0.1) is 23.2 Å². The van der Waals surface area contributed by atoms with Gasteiger partial charge in [0.1, 0.15) is 0 Å². The van der Waals surface area contributed by atoms with Crippen molar-refractivity contribution in [1.82, 2.24) is 0 Å². The van der Waals surface area contributed by atoms with E-state index in [1.165, 1.54) is 31.4 Å². The number of hydrogen-bond acceptors (Lipinski definition) is 3. The number of anilines is 1. The maximum absolute atomic E-state index is 13.0. The summed E-state index contributed by atoms with van der Waals surface area (Å²) in [5.74, 6) is 1.27. The summed E-state index contributed by atoms with van der Waals surface area (Å²) in [5.41, 5.74) is -0.0430. The van der Waals surface area contributed by atoms with E-state index in [0.29, 0.717) is 28.5 Å². The van der Waals surface area contributed by atoms with E-state index in [1.807, 2.05) is 0 Å². The molecule has 1 aromatic rings. The van der Waals surface area contributed by atoms with Gasteiger partial charge in [0.15, 0.2) is 6.10 Å². The lowest BCUT2D eigenvalue weighted by Gasteiger charge is -2.55. The minimum absolute atomic E-state index is 0.218. The molecule has 27 heavy (non-hydrogen) atoms. The Morgan fingerprint density at radius 1 is 1.00 bits per heavy atom. The van der Waals surface area contributed by atoms with E-state index < -0.39 is 12.0 Å². The van der Waals surface area contributed by atoms with E-state index >= 15 is 0 Å². The second kappa shape index (κ2) is 7.13. The molecule has 5 rings (SSSR count). The summed E-state index contributed by atoms with van der Waals surface area (Å²) in [4.78, 5) is 25.5. The maximum atomic E-state index is 13.0. The van der Waals surface area contributed by atoms with Crippen molar-refractivity contribution in [2.75, 3.05) is 5.32 Å². The lowest BCUT2D eigenvalue weighted by Crippen LogP contribution is -2.51. The number of amides is 1. The van der Waals surface area contributed by atoms with Gasteiger partial charge < -0.3 is 10.1 Å². The average molecular weight is 431 g/mol. The molecule has 0 heterocycles. The Labute approximate surface area is 173 Å². The summed E-state index contributed by atoms with van der Waals surface area (Å²) in [7, 11) is 0. The fraction of sp³-hybridized carbons (Fsp3) is 0.600. The van der Waals surface area contributed by atoms with Gasteiger partial charge in [-0.05, 0) is 75.3 Å². The van der Waals surface area contributed by atoms with Crippen LogP contribution < -0.4 is 5.32 Å². The predicted octanol–water partition coefficient (Wildman–Crippen LogP) is 5.73. The summed E-state index contributed by atoms with van der Waals surface area (Å²) in [6.45, 7) is 1.58. The second-order valence-corrected chi connectivity index (χ2v) is 9.70. The highest BCUT2D eigenvalue weighted by atomic mass is 35.5. The second-order valence-electron chi connectivity index (χ2n) is 8.48. The van der Waals surface area contributed by atoms with Gasteiger partial charge in [0.25, 0.3) is 5.91 Å². The summed E-state index contributed by atoms with van der Waals surface area (Å²) in [5, 5.41) is 3.53. The van der Waals surface area contributed by atoms with Gasteiger partial charge in [-0.1, -0.05) is 34.8 Å². The number of nitrogens with one attached hydrogen (secondary N) is 1. The molecule has 4 aliphatic carbocycles. The summed E-state index contributed by atoms with van der Waals surface area (Å²) in [6.07, 6.45) is 5.56. The van der Waals surface area contributed by atoms with E-state index in [2.05, 4.69) is 5.32 Å². The van der Waals surface area contributed by atoms with Gasteiger partial charge in [0.05, 0.1) is 26.2 Å². The van der Waals surface area contributed by atoms with Crippen molar-refractivity contribution in [3.63, 3.8) is 0 Å². The van der Waals surface area contributed by atoms with Crippen molar-refractivity contribution >= 4 is 52.4 Å². The molecule has 1 N–H and O–H groups in total. The zero-order chi connectivity index (χ0) is 19.3. The molecule has 4 bridgehead atoms. The van der Waals surface area contributed by atoms with Crippen molar-refractivity contribution in [2.45, 2.75) is 51.6 Å². The van der Waals surface area contributed by atoms with Gasteiger partial charge in [-0.25, -0.2) is 0 Å². The number of carbonyl (C=O) groups is 2. The lowest BCUT2D eigenvalue weighted by molar-refractivity contribution is -0.177. The predicted molar refractivity (Wildman–Crippen MR) is 106 cm³/mol. The Kier molecular flexibility index (Phi) is 5.11. The molecular formula is C20H22Cl3NO3. The maximum Gasteiger partial charge on any atom is 0.312 e. The van der Waals surface area contributed by atoms with Crippen molar-refractivity contribution in [2.24, 2.45) is 23.2 Å². The lowest BCUT2D eigenvalue weighted by atomic mass is 9.49. The Hall–Kier alpha value is -0.970. The van der Waals surface area contributed by atoms with Gasteiger partial charge in [-0.2, -0.15) is 0 Å². The highest BCUT2D eigenvalue weighted by Crippen LogP contribution is 2.60. The average Bonchev–Trinajstić information content (AvgIpc) is 2.58. The van der Waals surface area contributed by atoms with Crippen molar-refractivity contribution < 1.29 is 14.3 Å². The minimum atomic E-state index is -0.906. The molecule has 0 aliphatic heterocycles. The van der Waals surface area contributed by atoms with Crippen LogP contribution in [0.25, 0.3) is 0 Å². The molecule has 0 aromatic heterocycles. The molecule has 4 nitrogen and oxygen atoms in total. The van der Waals surface area contributed by atoms with Crippen LogP contribution in [0.15, 0.2) is 12.1 Å². The van der Waals surface area contributed by atoms with Crippen LogP contribution in [-0.2, 0) is 14.3 Å². The standard InChI is InChI=1S/C20H22Cl3NO3/c1-10(18(25)24-17-6-15(22)14(21)5-16(17)23)27-19(26)20-7-11-2-12(8-20)4-13(3-11)9-20/h5-6,10-13H,2-4,7-9H2,1H3,(H,24,25)/t10-,11?,12?,13?,20?/m0/s1. The van der Waals surface area contributed by atoms with Crippen molar-refractivity contribution in [3.05, 3.63) is 27.2 Å². The zero-order valence-electron chi connectivity index (χ0n) is 15.1. The third-order valence-electron chi connectivity index (χ3n) is 6.39. The van der Waals surface area contributed by atoms with Gasteiger partial charge >= 0.3 is 5.97 Å². The molecule has 0 unspecified atom stereocenters. The number of benzene rings is 1. The van der Waals surface area contributed by atoms with Crippen LogP contribution in [0.5, 0.6) is 0 Å². The number of halogens is 3. The first-order valence-corrected chi connectivity index (χ1v) is 10.6. The summed E-state index contributed by atoms with van der Waals surface area (Å²) >= 11 is 18.0. The van der Waals surface area contributed by atoms with Crippen LogP contribution in [0.1, 0.15) is 45.4 Å². The van der Waals surface area contributed by atoms with E-state index in [4.69, 9.17) is 39.5 Å². The van der Waals surface area contributed by atoms with E-state index in [0.717, 1.165) is 19.3 Å². The molecule has 4 aliphatic rings. The fourth-order valence-electron chi connectivity index (χ4n) is 5.55. The quantitative estimate of drug-likeness (QED) is 0.490. The molecule has 0 spiro atoms. The molecule has 146 valence electrons. The van der Waals surface area contributed by atoms with E-state index in [-0.39, 0.29) is 21.4 Å². The third kappa shape index (κ3) is 3.68. The number of rotatable bonds is 4. The number of ether oxygens (including phenoxy) is 1. The first-order chi connectivity index (χ1) is 12.8. The van der Waals surface area contributed by atoms with E-state index in [1.54, 1.807) is 6.92 Å². The first kappa shape index (κ1) is 19.4. The van der Waals surface area contributed by atoms with E-state index in [9.17, 15) is 9.59 Å². The Balaban J connectivity index is 1.41. The minimum Gasteiger partial charge on any atom is -0.452 e. The SMILES string of the molecule is C[C@H](OC(=O)C12CC3CC(CC(C3)C1)C2)C(=O)Nc1cc(Cl)c(Cl)cc1Cl. The number of carbonyl (C=O) groups excluding carboxylic acids is 2. The zero-order valence-corrected chi connectivity index (χ0v) is 17.3. The Morgan fingerprint density at radius 3 is 2.07 bits per heavy atom. The molecule has 4 fully saturated rings. The van der Waals surface area contributed by atoms with Crippen LogP contribution in [0.3, 0.4) is 0 Å². The largest absolute Gasteiger partial charge is 0.452 e. The molecular weight excluding hydrogens is 409 g/mol. The smallest absolute Gasteiger partial charge is 0.312 e. The molecule has 1 amide bonds. The molecule has 0 saturated heterocycles. The monoisotopic (exact) mass is 429 g/mol. The third-order valence-corrected chi connectivity index (χ3v) is 7.43. The molecule has 1 aromatic carbocycles. The summed E-state index contributed by atoms with van der Waals surface area (Å²) in [6, 6.07) is 2.95. The van der Waals surface area contributed by atoms with Crippen molar-refractivity contribution in [3.8, 4) is 0 Å². The summed E-state index contributed by atoms with van der Waals surface area (Å²) < 4.78 is 5.61. The van der Waals surface area contributed by atoms with Crippen LogP contribution in [-0.4, -0.2) is 18.0 Å². The van der Waals surface area contributed by atoms with Crippen LogP contribution in [0.2, 0.25) is 15.1 Å². The number of hydrogen-bond donors (Lipinski definition) is 1. The molecule has 7 heteroatoms. The highest BCUT2D eigenvalue weighted by molar-refractivity contribution is 6.44. The number of esters is 1. The Morgan fingerprint density at radius 2 is 1.52 bits per heavy atom. The fourth-order valence-corrected chi connectivity index (χ4v) is 6.15. The van der Waals surface area contributed by atoms with Crippen LogP contribution in [0.4, 0.5) is 5.69 Å². The van der Waals surface area contributed by atoms with Crippen LogP contribution >= 0.6 is 34.8 Å². The van der Waals surface area contributed by atoms with Gasteiger partial charge in [0, 0.05) is 0 Å². The molecule has 4 saturated carbocycles. The van der Waals surface area contributed by atoms with Gasteiger partial charge in [-0.3, -0.25) is 9.59 Å². The van der Waals surface area contributed by atoms with Gasteiger partial charge in [-0.15, -0.1) is 0 Å². The Bertz CT molecular complexity index is 760. The molecule has 1 atom stereocenters. The normalized spacial score (nSPS) is 32.2. The first-order valence-electron chi connectivity index (χ1n) is 9.42.